The molecule has 0 saturated heterocycles. The lowest BCUT2D eigenvalue weighted by Gasteiger charge is -2.16. The molecule has 0 aliphatic heterocycles. The molecule has 0 aromatic carbocycles. The van der Waals surface area contributed by atoms with E-state index in [4.69, 9.17) is 4.74 Å². The van der Waals surface area contributed by atoms with E-state index in [1.54, 1.807) is 20.8 Å². The van der Waals surface area contributed by atoms with Gasteiger partial charge in [-0.2, -0.15) is 4.99 Å². The van der Waals surface area contributed by atoms with Crippen LogP contribution in [0, 0.1) is 0 Å². The molecule has 4 heteroatoms. The van der Waals surface area contributed by atoms with Crippen LogP contribution in [0.1, 0.15) is 20.8 Å². The number of carbonyl (C=O) groups is 1. The normalized spacial score (nSPS) is 12.0. The summed E-state index contributed by atoms with van der Waals surface area (Å²) < 4.78 is 4.89. The zero-order valence-corrected chi connectivity index (χ0v) is 8.07. The van der Waals surface area contributed by atoms with Gasteiger partial charge in [0.2, 0.25) is 0 Å². The van der Waals surface area contributed by atoms with Crippen molar-refractivity contribution in [3.63, 3.8) is 0 Å². The Morgan fingerprint density at radius 3 is 2.45 bits per heavy atom. The van der Waals surface area contributed by atoms with Crippen molar-refractivity contribution in [2.24, 2.45) is 4.99 Å². The highest BCUT2D eigenvalue weighted by Gasteiger charge is 2.14. The van der Waals surface area contributed by atoms with Crippen LogP contribution in [-0.2, 0) is 4.74 Å². The molecule has 64 valence electrons. The van der Waals surface area contributed by atoms with E-state index in [2.05, 4.69) is 4.99 Å². The molecule has 0 unspecified atom stereocenters. The summed E-state index contributed by atoms with van der Waals surface area (Å²) in [5, 5.41) is 0. The molecule has 11 heavy (non-hydrogen) atoms. The number of nitrogens with zero attached hydrogens (tertiary/aromatic N) is 1. The number of hydrogen-bond donors (Lipinski definition) is 0. The van der Waals surface area contributed by atoms with Crippen LogP contribution >= 0.6 is 11.8 Å². The molecular formula is C7H13NO2S. The number of rotatable bonds is 1. The van der Waals surface area contributed by atoms with Gasteiger partial charge in [-0.15, -0.1) is 11.8 Å². The van der Waals surface area contributed by atoms with Crippen molar-refractivity contribution in [3.05, 3.63) is 0 Å². The second-order valence-corrected chi connectivity index (χ2v) is 3.63. The topological polar surface area (TPSA) is 38.7 Å². The second kappa shape index (κ2) is 4.38. The molecule has 0 bridgehead atoms. The predicted molar refractivity (Wildman–Crippen MR) is 48.2 cm³/mol. The largest absolute Gasteiger partial charge is 0.442 e. The van der Waals surface area contributed by atoms with Crippen LogP contribution in [0.3, 0.4) is 0 Å². The number of carbonyl (C=O) groups excluding carboxylic acids is 1. The third kappa shape index (κ3) is 7.39. The first kappa shape index (κ1) is 10.5. The molecule has 0 spiro atoms. The second-order valence-electron chi connectivity index (χ2n) is 2.95. The van der Waals surface area contributed by atoms with E-state index in [0.29, 0.717) is 0 Å². The fourth-order valence-corrected chi connectivity index (χ4v) is 0.575. The van der Waals surface area contributed by atoms with Gasteiger partial charge in [0.1, 0.15) is 5.60 Å². The highest BCUT2D eigenvalue weighted by Crippen LogP contribution is 2.07. The first-order valence-corrected chi connectivity index (χ1v) is 4.53. The summed E-state index contributed by atoms with van der Waals surface area (Å²) in [7, 11) is 0. The van der Waals surface area contributed by atoms with Gasteiger partial charge < -0.3 is 4.74 Å². The molecule has 0 aromatic heterocycles. The quantitative estimate of drug-likeness (QED) is 0.453. The zero-order valence-electron chi connectivity index (χ0n) is 7.25. The minimum absolute atomic E-state index is 0.452. The smallest absolute Gasteiger partial charge is 0.434 e. The Hall–Kier alpha value is -0.510. The summed E-state index contributed by atoms with van der Waals surface area (Å²) in [4.78, 5) is 14.3. The summed E-state index contributed by atoms with van der Waals surface area (Å²) in [6.45, 7) is 5.42. The number of amides is 1. The monoisotopic (exact) mass is 175 g/mol. The van der Waals surface area contributed by atoms with Gasteiger partial charge in [-0.05, 0) is 27.0 Å². The lowest BCUT2D eigenvalue weighted by Crippen LogP contribution is -2.21. The Balaban J connectivity index is 3.80. The molecule has 0 aliphatic rings. The molecule has 0 saturated carbocycles. The maximum Gasteiger partial charge on any atom is 0.434 e. The number of hydrogen-bond acceptors (Lipinski definition) is 3. The Morgan fingerprint density at radius 2 is 2.09 bits per heavy atom. The first-order chi connectivity index (χ1) is 4.95. The highest BCUT2D eigenvalue weighted by molar-refractivity contribution is 8.11. The molecule has 0 atom stereocenters. The van der Waals surface area contributed by atoms with Crippen molar-refractivity contribution in [2.45, 2.75) is 26.4 Å². The van der Waals surface area contributed by atoms with E-state index in [-0.39, 0.29) is 0 Å². The Kier molecular flexibility index (Phi) is 4.18. The molecule has 0 rings (SSSR count). The van der Waals surface area contributed by atoms with Gasteiger partial charge in [0.15, 0.2) is 0 Å². The van der Waals surface area contributed by atoms with E-state index in [9.17, 15) is 4.79 Å². The summed E-state index contributed by atoms with van der Waals surface area (Å²) in [6, 6.07) is 0. The van der Waals surface area contributed by atoms with Crippen LogP contribution in [0.2, 0.25) is 0 Å². The summed E-state index contributed by atoms with van der Waals surface area (Å²) >= 11 is 1.36. The average molecular weight is 175 g/mol. The lowest BCUT2D eigenvalue weighted by molar-refractivity contribution is 0.0605. The van der Waals surface area contributed by atoms with Gasteiger partial charge in [0.25, 0.3) is 0 Å². The van der Waals surface area contributed by atoms with Crippen LogP contribution in [0.4, 0.5) is 4.79 Å². The lowest BCUT2D eigenvalue weighted by atomic mass is 10.2. The van der Waals surface area contributed by atoms with Crippen LogP contribution in [0.25, 0.3) is 0 Å². The molecular weight excluding hydrogens is 162 g/mol. The molecule has 3 nitrogen and oxygen atoms in total. The summed E-state index contributed by atoms with van der Waals surface area (Å²) in [5.74, 6) is 0. The van der Waals surface area contributed by atoms with Crippen molar-refractivity contribution in [3.8, 4) is 0 Å². The number of thioether (sulfide) groups is 1. The molecule has 1 amide bonds. The van der Waals surface area contributed by atoms with Gasteiger partial charge in [0.05, 0.1) is 5.55 Å². The van der Waals surface area contributed by atoms with Crippen LogP contribution in [-0.4, -0.2) is 23.5 Å². The average Bonchev–Trinajstić information content (AvgIpc) is 1.79. The summed E-state index contributed by atoms with van der Waals surface area (Å²) in [5.41, 5.74) is 1.00. The van der Waals surface area contributed by atoms with Crippen molar-refractivity contribution >= 4 is 23.4 Å². The van der Waals surface area contributed by atoms with Gasteiger partial charge in [-0.1, -0.05) is 0 Å². The molecule has 0 fully saturated rings. The number of aliphatic imine (C=N–C) groups is 1. The SMILES string of the molecule is CSC=NC(=O)OC(C)(C)C. The van der Waals surface area contributed by atoms with Gasteiger partial charge in [0, 0.05) is 0 Å². The fraction of sp³-hybridized carbons (Fsp3) is 0.714. The highest BCUT2D eigenvalue weighted by atomic mass is 32.2. The van der Waals surface area contributed by atoms with Crippen molar-refractivity contribution in [2.75, 3.05) is 6.26 Å². The number of ether oxygens (including phenoxy) is 1. The summed E-state index contributed by atoms with van der Waals surface area (Å²) in [6.07, 6.45) is 1.29. The van der Waals surface area contributed by atoms with E-state index < -0.39 is 11.7 Å². The minimum Gasteiger partial charge on any atom is -0.442 e. The molecule has 0 heterocycles. The van der Waals surface area contributed by atoms with E-state index >= 15 is 0 Å². The third-order valence-electron chi connectivity index (χ3n) is 0.657. The maximum absolute atomic E-state index is 10.8. The first-order valence-electron chi connectivity index (χ1n) is 3.24. The van der Waals surface area contributed by atoms with Crippen LogP contribution < -0.4 is 0 Å². The molecule has 0 aliphatic carbocycles. The standard InChI is InChI=1S/C7H13NO2S/c1-7(2,3)10-6(9)8-5-11-4/h5H,1-4H3. The molecule has 0 N–H and O–H groups in total. The predicted octanol–water partition coefficient (Wildman–Crippen LogP) is 2.31. The van der Waals surface area contributed by atoms with Gasteiger partial charge in [-0.25, -0.2) is 4.79 Å². The molecule has 0 radical (unpaired) electrons. The van der Waals surface area contributed by atoms with Crippen LogP contribution in [0.5, 0.6) is 0 Å². The molecule has 0 aromatic rings. The van der Waals surface area contributed by atoms with E-state index in [1.807, 2.05) is 6.26 Å². The van der Waals surface area contributed by atoms with Crippen molar-refractivity contribution in [1.82, 2.24) is 0 Å². The Labute approximate surface area is 71.2 Å². The Morgan fingerprint density at radius 1 is 1.55 bits per heavy atom. The van der Waals surface area contributed by atoms with Crippen LogP contribution in [0.15, 0.2) is 4.99 Å². The van der Waals surface area contributed by atoms with E-state index in [1.165, 1.54) is 17.3 Å². The van der Waals surface area contributed by atoms with Gasteiger partial charge >= 0.3 is 6.09 Å². The Bertz CT molecular complexity index is 160. The maximum atomic E-state index is 10.8. The van der Waals surface area contributed by atoms with Crippen molar-refractivity contribution < 1.29 is 9.53 Å². The minimum atomic E-state index is -0.535. The fourth-order valence-electron chi connectivity index (χ4n) is 0.384. The van der Waals surface area contributed by atoms with E-state index in [0.717, 1.165) is 0 Å². The third-order valence-corrected chi connectivity index (χ3v) is 0.973. The zero-order chi connectivity index (χ0) is 8.91. The van der Waals surface area contributed by atoms with Gasteiger partial charge in [-0.3, -0.25) is 0 Å². The van der Waals surface area contributed by atoms with Crippen molar-refractivity contribution in [1.29, 1.82) is 0 Å².